The van der Waals surface area contributed by atoms with Crippen LogP contribution in [0, 0.1) is 12.3 Å². The molecule has 4 heteroatoms. The van der Waals surface area contributed by atoms with E-state index in [2.05, 4.69) is 5.92 Å². The lowest BCUT2D eigenvalue weighted by Gasteiger charge is -2.24. The zero-order valence-electron chi connectivity index (χ0n) is 11.6. The Morgan fingerprint density at radius 1 is 1.37 bits per heavy atom. The molecule has 0 radical (unpaired) electrons. The summed E-state index contributed by atoms with van der Waals surface area (Å²) in [5.74, 6) is 3.03. The van der Waals surface area contributed by atoms with E-state index in [9.17, 15) is 4.79 Å². The molecule has 0 N–H and O–H groups in total. The van der Waals surface area contributed by atoms with Gasteiger partial charge in [0, 0.05) is 0 Å². The van der Waals surface area contributed by atoms with Gasteiger partial charge in [0.2, 0.25) is 0 Å². The Morgan fingerprint density at radius 2 is 2.00 bits per heavy atom. The summed E-state index contributed by atoms with van der Waals surface area (Å²) in [6.45, 7) is 0.399. The second kappa shape index (κ2) is 7.45. The number of hydrogen-bond donors (Lipinski definition) is 0. The number of ether oxygens (including phenoxy) is 2. The second-order valence-electron chi connectivity index (χ2n) is 4.21. The van der Waals surface area contributed by atoms with Crippen LogP contribution in [0.25, 0.3) is 0 Å². The quantitative estimate of drug-likeness (QED) is 0.572. The van der Waals surface area contributed by atoms with Gasteiger partial charge in [0.15, 0.2) is 0 Å². The molecule has 1 aromatic rings. The van der Waals surface area contributed by atoms with Crippen LogP contribution in [0.1, 0.15) is 5.56 Å². The van der Waals surface area contributed by atoms with Gasteiger partial charge >= 0.3 is 5.97 Å². The molecule has 0 fully saturated rings. The maximum absolute atomic E-state index is 11.8. The van der Waals surface area contributed by atoms with Crippen molar-refractivity contribution in [2.24, 2.45) is 0 Å². The minimum atomic E-state index is -0.380. The van der Waals surface area contributed by atoms with Crippen LogP contribution in [-0.4, -0.2) is 44.7 Å². The van der Waals surface area contributed by atoms with E-state index in [1.54, 1.807) is 12.0 Å². The Kier molecular flexibility index (Phi) is 5.91. The molecule has 0 bridgehead atoms. The van der Waals surface area contributed by atoms with Crippen molar-refractivity contribution in [2.75, 3.05) is 27.8 Å². The number of carbonyl (C=O) groups is 1. The number of nitrogens with zero attached hydrogens (tertiary/aromatic N) is 1. The van der Waals surface area contributed by atoms with E-state index in [1.807, 2.05) is 31.3 Å². The van der Waals surface area contributed by atoms with E-state index in [1.165, 1.54) is 7.11 Å². The molecule has 19 heavy (non-hydrogen) atoms. The van der Waals surface area contributed by atoms with E-state index in [0.717, 1.165) is 11.3 Å². The van der Waals surface area contributed by atoms with Crippen LogP contribution >= 0.6 is 0 Å². The molecule has 0 aliphatic rings. The molecule has 4 nitrogen and oxygen atoms in total. The summed E-state index contributed by atoms with van der Waals surface area (Å²) < 4.78 is 9.92. The fourth-order valence-corrected chi connectivity index (χ4v) is 1.79. The van der Waals surface area contributed by atoms with E-state index in [4.69, 9.17) is 15.9 Å². The SMILES string of the molecule is C#CCN(C)[C@@H](Cc1ccc(OC)cc1)C(=O)OC. The van der Waals surface area contributed by atoms with Crippen LogP contribution in [-0.2, 0) is 16.0 Å². The van der Waals surface area contributed by atoms with E-state index < -0.39 is 0 Å². The monoisotopic (exact) mass is 261 g/mol. The molecule has 0 amide bonds. The van der Waals surface area contributed by atoms with Gasteiger partial charge in [-0.3, -0.25) is 9.69 Å². The molecule has 0 heterocycles. The van der Waals surface area contributed by atoms with Crippen molar-refractivity contribution >= 4 is 5.97 Å². The molecule has 1 rings (SSSR count). The van der Waals surface area contributed by atoms with Gasteiger partial charge < -0.3 is 9.47 Å². The van der Waals surface area contributed by atoms with Crippen molar-refractivity contribution < 1.29 is 14.3 Å². The number of likely N-dealkylation sites (N-methyl/N-ethyl adjacent to an activating group) is 1. The lowest BCUT2D eigenvalue weighted by atomic mass is 10.0. The first-order valence-corrected chi connectivity index (χ1v) is 5.96. The van der Waals surface area contributed by atoms with Crippen LogP contribution in [0.5, 0.6) is 5.75 Å². The molecule has 0 saturated heterocycles. The summed E-state index contributed by atoms with van der Waals surface area (Å²) in [6, 6.07) is 7.21. The minimum Gasteiger partial charge on any atom is -0.497 e. The molecule has 0 spiro atoms. The van der Waals surface area contributed by atoms with Crippen molar-refractivity contribution in [1.82, 2.24) is 4.90 Å². The Labute approximate surface area is 114 Å². The highest BCUT2D eigenvalue weighted by Crippen LogP contribution is 2.14. The molecule has 0 aliphatic carbocycles. The summed E-state index contributed by atoms with van der Waals surface area (Å²) in [4.78, 5) is 13.6. The number of benzene rings is 1. The summed E-state index contributed by atoms with van der Waals surface area (Å²) in [6.07, 6.45) is 5.83. The van der Waals surface area contributed by atoms with Crippen molar-refractivity contribution in [3.05, 3.63) is 29.8 Å². The Morgan fingerprint density at radius 3 is 2.47 bits per heavy atom. The largest absolute Gasteiger partial charge is 0.497 e. The number of hydrogen-bond acceptors (Lipinski definition) is 4. The predicted octanol–water partition coefficient (Wildman–Crippen LogP) is 1.34. The van der Waals surface area contributed by atoms with Gasteiger partial charge in [-0.2, -0.15) is 0 Å². The summed E-state index contributed by atoms with van der Waals surface area (Å²) in [5, 5.41) is 0. The third-order valence-electron chi connectivity index (χ3n) is 2.93. The lowest BCUT2D eigenvalue weighted by Crippen LogP contribution is -2.41. The molecule has 0 aliphatic heterocycles. The number of rotatable bonds is 6. The predicted molar refractivity (Wildman–Crippen MR) is 74.0 cm³/mol. The fourth-order valence-electron chi connectivity index (χ4n) is 1.79. The normalized spacial score (nSPS) is 11.7. The maximum Gasteiger partial charge on any atom is 0.323 e. The fraction of sp³-hybridized carbons (Fsp3) is 0.400. The zero-order valence-corrected chi connectivity index (χ0v) is 11.6. The smallest absolute Gasteiger partial charge is 0.323 e. The number of esters is 1. The third kappa shape index (κ3) is 4.31. The average molecular weight is 261 g/mol. The highest BCUT2D eigenvalue weighted by Gasteiger charge is 2.23. The summed E-state index contributed by atoms with van der Waals surface area (Å²) in [7, 11) is 4.81. The number of methoxy groups -OCH3 is 2. The molecular weight excluding hydrogens is 242 g/mol. The van der Waals surface area contributed by atoms with Gasteiger partial charge in [0.1, 0.15) is 11.8 Å². The van der Waals surface area contributed by atoms with E-state index in [0.29, 0.717) is 13.0 Å². The van der Waals surface area contributed by atoms with Gasteiger partial charge in [-0.1, -0.05) is 18.1 Å². The molecule has 0 aromatic heterocycles. The van der Waals surface area contributed by atoms with Gasteiger partial charge in [0.05, 0.1) is 20.8 Å². The number of terminal acetylenes is 1. The molecular formula is C15H19NO3. The first kappa shape index (κ1) is 15.1. The number of carbonyl (C=O) groups excluding carboxylic acids is 1. The Hall–Kier alpha value is -1.99. The topological polar surface area (TPSA) is 38.8 Å². The third-order valence-corrected chi connectivity index (χ3v) is 2.93. The van der Waals surface area contributed by atoms with Crippen LogP contribution < -0.4 is 4.74 Å². The van der Waals surface area contributed by atoms with E-state index >= 15 is 0 Å². The van der Waals surface area contributed by atoms with Crippen molar-refractivity contribution in [3.8, 4) is 18.1 Å². The zero-order chi connectivity index (χ0) is 14.3. The van der Waals surface area contributed by atoms with E-state index in [-0.39, 0.29) is 12.0 Å². The first-order valence-electron chi connectivity index (χ1n) is 5.96. The average Bonchev–Trinajstić information content (AvgIpc) is 2.44. The lowest BCUT2D eigenvalue weighted by molar-refractivity contribution is -0.146. The van der Waals surface area contributed by atoms with Crippen molar-refractivity contribution in [3.63, 3.8) is 0 Å². The van der Waals surface area contributed by atoms with Gasteiger partial charge in [-0.25, -0.2) is 0 Å². The highest BCUT2D eigenvalue weighted by molar-refractivity contribution is 5.76. The minimum absolute atomic E-state index is 0.284. The van der Waals surface area contributed by atoms with Gasteiger partial charge in [0.25, 0.3) is 0 Å². The molecule has 1 atom stereocenters. The van der Waals surface area contributed by atoms with Crippen molar-refractivity contribution in [1.29, 1.82) is 0 Å². The van der Waals surface area contributed by atoms with Gasteiger partial charge in [-0.15, -0.1) is 6.42 Å². The molecule has 0 unspecified atom stereocenters. The van der Waals surface area contributed by atoms with Crippen LogP contribution in [0.3, 0.4) is 0 Å². The molecule has 0 saturated carbocycles. The molecule has 1 aromatic carbocycles. The Bertz CT molecular complexity index is 447. The highest BCUT2D eigenvalue weighted by atomic mass is 16.5. The van der Waals surface area contributed by atoms with Crippen LogP contribution in [0.4, 0.5) is 0 Å². The summed E-state index contributed by atoms with van der Waals surface area (Å²) >= 11 is 0. The maximum atomic E-state index is 11.8. The summed E-state index contributed by atoms with van der Waals surface area (Å²) in [5.41, 5.74) is 1.03. The molecule has 102 valence electrons. The standard InChI is InChI=1S/C15H19NO3/c1-5-10-16(2)14(15(17)19-4)11-12-6-8-13(18-3)9-7-12/h1,6-9,14H,10-11H2,2-4H3/t14-/m0/s1. The second-order valence-corrected chi connectivity index (χ2v) is 4.21. The Balaban J connectivity index is 2.81. The van der Waals surface area contributed by atoms with Gasteiger partial charge in [-0.05, 0) is 31.2 Å². The first-order chi connectivity index (χ1) is 9.12. The van der Waals surface area contributed by atoms with Crippen LogP contribution in [0.2, 0.25) is 0 Å². The van der Waals surface area contributed by atoms with Crippen molar-refractivity contribution in [2.45, 2.75) is 12.5 Å². The van der Waals surface area contributed by atoms with Crippen LogP contribution in [0.15, 0.2) is 24.3 Å².